The van der Waals surface area contributed by atoms with Gasteiger partial charge in [-0.3, -0.25) is 4.90 Å². The summed E-state index contributed by atoms with van der Waals surface area (Å²) in [5.74, 6) is -0.288. The van der Waals surface area contributed by atoms with Gasteiger partial charge in [0.1, 0.15) is 11.4 Å². The van der Waals surface area contributed by atoms with Crippen LogP contribution in [0.5, 0.6) is 0 Å². The number of para-hydroxylation sites is 1. The summed E-state index contributed by atoms with van der Waals surface area (Å²) < 4.78 is 21.4. The van der Waals surface area contributed by atoms with Crippen molar-refractivity contribution in [3.63, 3.8) is 0 Å². The Morgan fingerprint density at radius 2 is 1.85 bits per heavy atom. The predicted octanol–water partition coefficient (Wildman–Crippen LogP) is 3.21. The molecule has 1 aliphatic heterocycles. The molecule has 0 bridgehead atoms. The number of nitrogens with zero attached hydrogens (tertiary/aromatic N) is 3. The Labute approximate surface area is 193 Å². The van der Waals surface area contributed by atoms with Crippen LogP contribution in [0.3, 0.4) is 0 Å². The number of amides is 1. The zero-order chi connectivity index (χ0) is 23.8. The maximum absolute atomic E-state index is 13.9. The van der Waals surface area contributed by atoms with Crippen molar-refractivity contribution in [3.05, 3.63) is 48.3 Å². The second-order valence-electron chi connectivity index (χ2n) is 9.71. The first-order chi connectivity index (χ1) is 15.7. The van der Waals surface area contributed by atoms with Crippen LogP contribution < -0.4 is 0 Å². The Bertz CT molecular complexity index is 1140. The van der Waals surface area contributed by atoms with Gasteiger partial charge in [0.05, 0.1) is 25.3 Å². The average molecular weight is 458 g/mol. The third-order valence-electron chi connectivity index (χ3n) is 6.00. The van der Waals surface area contributed by atoms with E-state index in [2.05, 4.69) is 4.90 Å². The summed E-state index contributed by atoms with van der Waals surface area (Å²) in [6.45, 7) is 7.46. The Morgan fingerprint density at radius 3 is 2.58 bits per heavy atom. The van der Waals surface area contributed by atoms with Gasteiger partial charge in [-0.1, -0.05) is 18.2 Å². The van der Waals surface area contributed by atoms with Crippen molar-refractivity contribution in [1.82, 2.24) is 14.4 Å². The van der Waals surface area contributed by atoms with Crippen LogP contribution >= 0.6 is 0 Å². The van der Waals surface area contributed by atoms with Crippen molar-refractivity contribution in [1.29, 1.82) is 0 Å². The molecule has 0 radical (unpaired) electrons. The third kappa shape index (κ3) is 5.13. The molecule has 0 aliphatic carbocycles. The van der Waals surface area contributed by atoms with Crippen LogP contribution in [0.15, 0.2) is 42.5 Å². The molecule has 178 valence electrons. The molecule has 1 unspecified atom stereocenters. The summed E-state index contributed by atoms with van der Waals surface area (Å²) in [5, 5.41) is 22.6. The normalized spacial score (nSPS) is 18.7. The summed E-state index contributed by atoms with van der Waals surface area (Å²) in [7, 11) is 0. The zero-order valence-corrected chi connectivity index (χ0v) is 19.4. The van der Waals surface area contributed by atoms with E-state index in [0.717, 1.165) is 21.8 Å². The molecule has 0 spiro atoms. The zero-order valence-electron chi connectivity index (χ0n) is 19.4. The molecule has 8 heteroatoms. The Kier molecular flexibility index (Phi) is 6.61. The van der Waals surface area contributed by atoms with Gasteiger partial charge in [-0.25, -0.2) is 9.18 Å². The van der Waals surface area contributed by atoms with Crippen molar-refractivity contribution in [2.45, 2.75) is 45.1 Å². The molecule has 0 saturated carbocycles. The second kappa shape index (κ2) is 9.29. The topological polar surface area (TPSA) is 78.2 Å². The minimum absolute atomic E-state index is 0.176. The number of carbonyl (C=O) groups is 1. The fourth-order valence-corrected chi connectivity index (χ4v) is 4.59. The SMILES string of the molecule is CC(C)(C)OC(=O)N1CCN(CC(O)Cn2c3ccccc3c3cc(F)ccc32)C[C@H]1CO. The fraction of sp³-hybridized carbons (Fsp3) is 0.480. The number of ether oxygens (including phenoxy) is 1. The molecule has 2 N–H and O–H groups in total. The van der Waals surface area contributed by atoms with Crippen LogP contribution in [0.2, 0.25) is 0 Å². The maximum Gasteiger partial charge on any atom is 0.410 e. The molecule has 1 aliphatic rings. The number of piperazine rings is 1. The highest BCUT2D eigenvalue weighted by Gasteiger charge is 2.33. The van der Waals surface area contributed by atoms with Crippen LogP contribution in [0.1, 0.15) is 20.8 Å². The number of benzene rings is 2. The molecule has 1 fully saturated rings. The smallest absolute Gasteiger partial charge is 0.410 e. The lowest BCUT2D eigenvalue weighted by atomic mass is 10.1. The summed E-state index contributed by atoms with van der Waals surface area (Å²) in [6, 6.07) is 12.1. The molecular weight excluding hydrogens is 425 g/mol. The predicted molar refractivity (Wildman–Crippen MR) is 126 cm³/mol. The highest BCUT2D eigenvalue weighted by molar-refractivity contribution is 6.08. The number of rotatable bonds is 5. The van der Waals surface area contributed by atoms with Crippen molar-refractivity contribution in [2.24, 2.45) is 0 Å². The highest BCUT2D eigenvalue weighted by atomic mass is 19.1. The molecular formula is C25H32FN3O4. The average Bonchev–Trinajstić information content (AvgIpc) is 3.05. The maximum atomic E-state index is 13.9. The second-order valence-corrected chi connectivity index (χ2v) is 9.71. The van der Waals surface area contributed by atoms with Crippen LogP contribution in [0.25, 0.3) is 21.8 Å². The van der Waals surface area contributed by atoms with E-state index in [1.54, 1.807) is 11.0 Å². The first-order valence-electron chi connectivity index (χ1n) is 11.3. The molecule has 7 nitrogen and oxygen atoms in total. The Morgan fingerprint density at radius 1 is 1.12 bits per heavy atom. The molecule has 2 heterocycles. The van der Waals surface area contributed by atoms with Gasteiger partial charge in [-0.15, -0.1) is 0 Å². The monoisotopic (exact) mass is 457 g/mol. The molecule has 1 saturated heterocycles. The van der Waals surface area contributed by atoms with Crippen molar-refractivity contribution in [3.8, 4) is 0 Å². The Balaban J connectivity index is 1.46. The van der Waals surface area contributed by atoms with Crippen LogP contribution in [-0.4, -0.2) is 81.2 Å². The Hall–Kier alpha value is -2.68. The van der Waals surface area contributed by atoms with E-state index >= 15 is 0 Å². The number of carbonyl (C=O) groups excluding carboxylic acids is 1. The van der Waals surface area contributed by atoms with E-state index in [9.17, 15) is 19.4 Å². The van der Waals surface area contributed by atoms with Crippen LogP contribution in [0, 0.1) is 5.82 Å². The lowest BCUT2D eigenvalue weighted by Crippen LogP contribution is -2.58. The number of halogens is 1. The minimum Gasteiger partial charge on any atom is -0.444 e. The molecule has 1 amide bonds. The van der Waals surface area contributed by atoms with Crippen molar-refractivity contribution < 1.29 is 24.1 Å². The molecule has 2 aromatic carbocycles. The van der Waals surface area contributed by atoms with Gasteiger partial charge in [0, 0.05) is 48.0 Å². The van der Waals surface area contributed by atoms with Gasteiger partial charge in [0.25, 0.3) is 0 Å². The molecule has 4 rings (SSSR count). The summed E-state index contributed by atoms with van der Waals surface area (Å²) in [6.07, 6.45) is -1.11. The number of fused-ring (bicyclic) bond motifs is 3. The number of β-amino-alcohol motifs (C(OH)–C–C–N with tert-alkyl or cyclic N) is 1. The first kappa shape index (κ1) is 23.5. The standard InChI is InChI=1S/C25H32FN3O4/c1-25(2,3)33-24(32)28-11-10-27(13-18(28)16-30)14-19(31)15-29-22-7-5-4-6-20(22)21-12-17(26)8-9-23(21)29/h4-9,12,18-19,30-31H,10-11,13-16H2,1-3H3/t18-,19?/m0/s1. The van der Waals surface area contributed by atoms with E-state index < -0.39 is 23.8 Å². The van der Waals surface area contributed by atoms with Crippen LogP contribution in [-0.2, 0) is 11.3 Å². The highest BCUT2D eigenvalue weighted by Crippen LogP contribution is 2.30. The van der Waals surface area contributed by atoms with E-state index in [1.165, 1.54) is 12.1 Å². The number of hydrogen-bond acceptors (Lipinski definition) is 5. The third-order valence-corrected chi connectivity index (χ3v) is 6.00. The molecule has 2 atom stereocenters. The van der Waals surface area contributed by atoms with Crippen molar-refractivity contribution >= 4 is 27.9 Å². The van der Waals surface area contributed by atoms with E-state index in [4.69, 9.17) is 4.74 Å². The lowest BCUT2D eigenvalue weighted by molar-refractivity contribution is -0.0183. The van der Waals surface area contributed by atoms with E-state index in [-0.39, 0.29) is 12.4 Å². The van der Waals surface area contributed by atoms with Gasteiger partial charge >= 0.3 is 6.09 Å². The van der Waals surface area contributed by atoms with Crippen LogP contribution in [0.4, 0.5) is 9.18 Å². The lowest BCUT2D eigenvalue weighted by Gasteiger charge is -2.41. The number of aliphatic hydroxyl groups excluding tert-OH is 2. The van der Waals surface area contributed by atoms with E-state index in [0.29, 0.717) is 32.7 Å². The molecule has 33 heavy (non-hydrogen) atoms. The number of aliphatic hydroxyl groups is 2. The number of hydrogen-bond donors (Lipinski definition) is 2. The summed E-state index contributed by atoms with van der Waals surface area (Å²) in [4.78, 5) is 16.1. The fourth-order valence-electron chi connectivity index (χ4n) is 4.59. The molecule has 3 aromatic rings. The van der Waals surface area contributed by atoms with Crippen molar-refractivity contribution in [2.75, 3.05) is 32.8 Å². The van der Waals surface area contributed by atoms with Gasteiger partial charge in [0.15, 0.2) is 0 Å². The van der Waals surface area contributed by atoms with Gasteiger partial charge in [-0.05, 0) is 45.0 Å². The largest absolute Gasteiger partial charge is 0.444 e. The minimum atomic E-state index is -0.679. The van der Waals surface area contributed by atoms with Gasteiger partial charge in [-0.2, -0.15) is 0 Å². The van der Waals surface area contributed by atoms with Gasteiger partial charge < -0.3 is 24.4 Å². The van der Waals surface area contributed by atoms with E-state index in [1.807, 2.05) is 49.6 Å². The van der Waals surface area contributed by atoms with Gasteiger partial charge in [0.2, 0.25) is 0 Å². The molecule has 1 aromatic heterocycles. The summed E-state index contributed by atoms with van der Waals surface area (Å²) >= 11 is 0. The summed E-state index contributed by atoms with van der Waals surface area (Å²) in [5.41, 5.74) is 1.22. The number of aromatic nitrogens is 1. The first-order valence-corrected chi connectivity index (χ1v) is 11.3. The quantitative estimate of drug-likeness (QED) is 0.615.